The maximum Gasteiger partial charge on any atom is 0.243 e. The summed E-state index contributed by atoms with van der Waals surface area (Å²) in [5, 5.41) is 1.82. The summed E-state index contributed by atoms with van der Waals surface area (Å²) in [7, 11) is -3.36. The van der Waals surface area contributed by atoms with Gasteiger partial charge in [0.25, 0.3) is 0 Å². The number of hydrogen-bond donors (Lipinski definition) is 0. The van der Waals surface area contributed by atoms with Gasteiger partial charge in [-0.15, -0.1) is 0 Å². The molecule has 0 N–H and O–H groups in total. The highest BCUT2D eigenvalue weighted by Crippen LogP contribution is 2.41. The lowest BCUT2D eigenvalue weighted by atomic mass is 10.1. The van der Waals surface area contributed by atoms with Gasteiger partial charge in [0, 0.05) is 18.0 Å². The molecule has 20 heavy (non-hydrogen) atoms. The monoisotopic (exact) mass is 287 g/mol. The predicted octanol–water partition coefficient (Wildman–Crippen LogP) is 3.01. The normalized spacial score (nSPS) is 26.4. The molecule has 2 aromatic carbocycles. The van der Waals surface area contributed by atoms with Gasteiger partial charge in [0.2, 0.25) is 10.0 Å². The van der Waals surface area contributed by atoms with Gasteiger partial charge in [-0.3, -0.25) is 0 Å². The molecule has 1 saturated heterocycles. The van der Waals surface area contributed by atoms with Crippen molar-refractivity contribution in [3.63, 3.8) is 0 Å². The van der Waals surface area contributed by atoms with Gasteiger partial charge in [0.05, 0.1) is 4.90 Å². The molecule has 4 rings (SSSR count). The summed E-state index contributed by atoms with van der Waals surface area (Å²) in [5.41, 5.74) is 0. The molecule has 0 aromatic heterocycles. The van der Waals surface area contributed by atoms with Gasteiger partial charge in [0.1, 0.15) is 0 Å². The van der Waals surface area contributed by atoms with E-state index in [-0.39, 0.29) is 6.04 Å². The highest BCUT2D eigenvalue weighted by atomic mass is 32.2. The first-order chi connectivity index (χ1) is 9.66. The van der Waals surface area contributed by atoms with Crippen LogP contribution in [0.5, 0.6) is 0 Å². The van der Waals surface area contributed by atoms with E-state index in [9.17, 15) is 8.42 Å². The van der Waals surface area contributed by atoms with Crippen LogP contribution in [0.3, 0.4) is 0 Å². The minimum atomic E-state index is -3.36. The number of sulfonamides is 1. The lowest BCUT2D eigenvalue weighted by Crippen LogP contribution is -2.37. The van der Waals surface area contributed by atoms with Gasteiger partial charge in [-0.25, -0.2) is 8.42 Å². The topological polar surface area (TPSA) is 37.4 Å². The average Bonchev–Trinajstić information content (AvgIpc) is 3.09. The zero-order valence-corrected chi connectivity index (χ0v) is 12.0. The first-order valence-corrected chi connectivity index (χ1v) is 8.60. The van der Waals surface area contributed by atoms with Gasteiger partial charge < -0.3 is 0 Å². The molecule has 3 nitrogen and oxygen atoms in total. The Hall–Kier alpha value is -1.39. The number of piperidine rings is 1. The van der Waals surface area contributed by atoms with E-state index in [1.54, 1.807) is 10.4 Å². The van der Waals surface area contributed by atoms with Crippen molar-refractivity contribution < 1.29 is 8.42 Å². The Morgan fingerprint density at radius 2 is 1.80 bits per heavy atom. The summed E-state index contributed by atoms with van der Waals surface area (Å²) in [5.74, 6) is 0.574. The van der Waals surface area contributed by atoms with E-state index < -0.39 is 10.0 Å². The first-order valence-electron chi connectivity index (χ1n) is 7.16. The number of benzene rings is 2. The second-order valence-corrected chi connectivity index (χ2v) is 7.74. The van der Waals surface area contributed by atoms with Gasteiger partial charge >= 0.3 is 0 Å². The van der Waals surface area contributed by atoms with Crippen molar-refractivity contribution in [2.75, 3.05) is 6.54 Å². The lowest BCUT2D eigenvalue weighted by molar-refractivity contribution is 0.334. The molecule has 2 aliphatic rings. The fourth-order valence-electron chi connectivity index (χ4n) is 3.72. The van der Waals surface area contributed by atoms with Crippen molar-refractivity contribution in [3.8, 4) is 0 Å². The maximum absolute atomic E-state index is 13.0. The summed E-state index contributed by atoms with van der Waals surface area (Å²) in [6.07, 6.45) is 3.25. The Bertz CT molecular complexity index is 764. The molecule has 2 aromatic rings. The van der Waals surface area contributed by atoms with E-state index in [0.717, 1.165) is 23.6 Å². The highest BCUT2D eigenvalue weighted by Gasteiger charge is 2.44. The van der Waals surface area contributed by atoms with Crippen molar-refractivity contribution in [2.24, 2.45) is 5.92 Å². The van der Waals surface area contributed by atoms with Crippen molar-refractivity contribution in [2.45, 2.75) is 30.2 Å². The Labute approximate surface area is 119 Å². The molecule has 1 heterocycles. The third-order valence-electron chi connectivity index (χ3n) is 4.70. The van der Waals surface area contributed by atoms with Crippen LogP contribution in [-0.4, -0.2) is 25.3 Å². The first kappa shape index (κ1) is 12.4. The van der Waals surface area contributed by atoms with E-state index >= 15 is 0 Å². The minimum Gasteiger partial charge on any atom is -0.207 e. The SMILES string of the molecule is O=S(=O)(c1cccc2ccccc12)N1CC2CCC1C2. The van der Waals surface area contributed by atoms with E-state index in [4.69, 9.17) is 0 Å². The summed E-state index contributed by atoms with van der Waals surface area (Å²) >= 11 is 0. The van der Waals surface area contributed by atoms with Crippen molar-refractivity contribution >= 4 is 20.8 Å². The van der Waals surface area contributed by atoms with Gasteiger partial charge in [-0.1, -0.05) is 36.4 Å². The second-order valence-electron chi connectivity index (χ2n) is 5.88. The van der Waals surface area contributed by atoms with E-state index in [1.165, 1.54) is 6.42 Å². The standard InChI is InChI=1S/C16H17NO2S/c18-20(19,17-11-12-8-9-14(17)10-12)16-7-3-5-13-4-1-2-6-15(13)16/h1-7,12,14H,8-11H2. The van der Waals surface area contributed by atoms with Crippen LogP contribution in [0.1, 0.15) is 19.3 Å². The highest BCUT2D eigenvalue weighted by molar-refractivity contribution is 7.89. The number of hydrogen-bond acceptors (Lipinski definition) is 2. The Balaban J connectivity index is 1.86. The molecule has 1 aliphatic heterocycles. The number of rotatable bonds is 2. The molecule has 1 aliphatic carbocycles. The Morgan fingerprint density at radius 1 is 1.00 bits per heavy atom. The minimum absolute atomic E-state index is 0.226. The fourth-order valence-corrected chi connectivity index (χ4v) is 5.68. The van der Waals surface area contributed by atoms with Gasteiger partial charge in [-0.05, 0) is 36.6 Å². The molecule has 2 unspecified atom stereocenters. The third kappa shape index (κ3) is 1.71. The summed E-state index contributed by atoms with van der Waals surface area (Å²) in [6, 6.07) is 13.5. The molecule has 104 valence electrons. The molecule has 0 amide bonds. The molecule has 0 radical (unpaired) electrons. The molecule has 1 saturated carbocycles. The largest absolute Gasteiger partial charge is 0.243 e. The van der Waals surface area contributed by atoms with Gasteiger partial charge in [-0.2, -0.15) is 4.31 Å². The zero-order valence-electron chi connectivity index (χ0n) is 11.2. The van der Waals surface area contributed by atoms with Crippen molar-refractivity contribution in [1.82, 2.24) is 4.31 Å². The molecule has 2 atom stereocenters. The van der Waals surface area contributed by atoms with Crippen molar-refractivity contribution in [1.29, 1.82) is 0 Å². The summed E-state index contributed by atoms with van der Waals surface area (Å²) in [4.78, 5) is 0.461. The molecule has 4 heteroatoms. The Morgan fingerprint density at radius 3 is 2.55 bits per heavy atom. The van der Waals surface area contributed by atoms with Crippen molar-refractivity contribution in [3.05, 3.63) is 42.5 Å². The van der Waals surface area contributed by atoms with Gasteiger partial charge in [0.15, 0.2) is 0 Å². The molecule has 0 spiro atoms. The van der Waals surface area contributed by atoms with Crippen LogP contribution in [0.4, 0.5) is 0 Å². The average molecular weight is 287 g/mol. The predicted molar refractivity (Wildman–Crippen MR) is 79.0 cm³/mol. The van der Waals surface area contributed by atoms with E-state index in [1.807, 2.05) is 36.4 Å². The van der Waals surface area contributed by atoms with E-state index in [2.05, 4.69) is 0 Å². The second kappa shape index (κ2) is 4.30. The zero-order chi connectivity index (χ0) is 13.7. The molecule has 2 bridgehead atoms. The van der Waals surface area contributed by atoms with Crippen LogP contribution in [-0.2, 0) is 10.0 Å². The quantitative estimate of drug-likeness (QED) is 0.851. The summed E-state index contributed by atoms with van der Waals surface area (Å²) < 4.78 is 27.7. The van der Waals surface area contributed by atoms with Crippen LogP contribution in [0.15, 0.2) is 47.4 Å². The van der Waals surface area contributed by atoms with Crippen LogP contribution in [0.25, 0.3) is 10.8 Å². The number of fused-ring (bicyclic) bond motifs is 3. The lowest BCUT2D eigenvalue weighted by Gasteiger charge is -2.26. The molecular formula is C16H17NO2S. The van der Waals surface area contributed by atoms with Crippen LogP contribution < -0.4 is 0 Å². The molecular weight excluding hydrogens is 270 g/mol. The molecule has 2 fully saturated rings. The maximum atomic E-state index is 13.0. The fraction of sp³-hybridized carbons (Fsp3) is 0.375. The van der Waals surface area contributed by atoms with Crippen LogP contribution >= 0.6 is 0 Å². The van der Waals surface area contributed by atoms with E-state index in [0.29, 0.717) is 17.4 Å². The smallest absolute Gasteiger partial charge is 0.207 e. The van der Waals surface area contributed by atoms with Crippen LogP contribution in [0.2, 0.25) is 0 Å². The summed E-state index contributed by atoms with van der Waals surface area (Å²) in [6.45, 7) is 0.705. The van der Waals surface area contributed by atoms with Crippen LogP contribution in [0, 0.1) is 5.92 Å². The Kier molecular flexibility index (Phi) is 2.66. The number of nitrogens with zero attached hydrogens (tertiary/aromatic N) is 1. The third-order valence-corrected chi connectivity index (χ3v) is 6.67.